The molecule has 0 aromatic heterocycles. The predicted molar refractivity (Wildman–Crippen MR) is 87.2 cm³/mol. The molecule has 5 heteroatoms. The monoisotopic (exact) mass is 313 g/mol. The van der Waals surface area contributed by atoms with Gasteiger partial charge in [-0.3, -0.25) is 9.05 Å². The van der Waals surface area contributed by atoms with Gasteiger partial charge in [0.05, 0.1) is 12.2 Å². The summed E-state index contributed by atoms with van der Waals surface area (Å²) in [5, 5.41) is 0. The minimum atomic E-state index is -3.19. The van der Waals surface area contributed by atoms with Crippen molar-refractivity contribution in [3.63, 3.8) is 0 Å². The summed E-state index contributed by atoms with van der Waals surface area (Å²) in [5.41, 5.74) is 0.617. The maximum Gasteiger partial charge on any atom is 0.409 e. The number of nitrogens with zero attached hydrogens (tertiary/aromatic N) is 1. The molecule has 2 atom stereocenters. The van der Waals surface area contributed by atoms with E-state index in [0.29, 0.717) is 13.2 Å². The van der Waals surface area contributed by atoms with E-state index in [2.05, 4.69) is 0 Å². The second-order valence-corrected chi connectivity index (χ2v) is 7.79. The minimum Gasteiger partial charge on any atom is -0.295 e. The van der Waals surface area contributed by atoms with Gasteiger partial charge in [-0.05, 0) is 33.3 Å². The van der Waals surface area contributed by atoms with Crippen molar-refractivity contribution in [1.82, 2.24) is 4.67 Å². The van der Waals surface area contributed by atoms with Gasteiger partial charge in [0.2, 0.25) is 0 Å². The summed E-state index contributed by atoms with van der Waals surface area (Å²) in [6.45, 7) is 12.7. The van der Waals surface area contributed by atoms with Crippen LogP contribution in [0.2, 0.25) is 0 Å². The molecule has 1 aromatic rings. The fourth-order valence-electron chi connectivity index (χ4n) is 2.04. The van der Waals surface area contributed by atoms with Crippen LogP contribution in [0.15, 0.2) is 30.3 Å². The van der Waals surface area contributed by atoms with E-state index in [0.717, 1.165) is 5.56 Å². The summed E-state index contributed by atoms with van der Waals surface area (Å²) in [4.78, 5) is 0. The van der Waals surface area contributed by atoms with E-state index in [1.54, 1.807) is 0 Å². The van der Waals surface area contributed by atoms with Crippen LogP contribution in [-0.4, -0.2) is 22.9 Å². The van der Waals surface area contributed by atoms with Gasteiger partial charge in [0, 0.05) is 12.6 Å². The number of hydrogen-bond donors (Lipinski definition) is 0. The maximum absolute atomic E-state index is 12.9. The van der Waals surface area contributed by atoms with Crippen LogP contribution >= 0.6 is 7.75 Å². The predicted octanol–water partition coefficient (Wildman–Crippen LogP) is 4.86. The van der Waals surface area contributed by atoms with E-state index < -0.39 is 13.3 Å². The van der Waals surface area contributed by atoms with Crippen LogP contribution in [0.3, 0.4) is 0 Å². The van der Waals surface area contributed by atoms with Crippen molar-refractivity contribution < 1.29 is 13.6 Å². The van der Waals surface area contributed by atoms with Gasteiger partial charge in [0.25, 0.3) is 0 Å². The highest BCUT2D eigenvalue weighted by Gasteiger charge is 2.45. The van der Waals surface area contributed by atoms with Crippen molar-refractivity contribution in [2.45, 2.75) is 59.7 Å². The van der Waals surface area contributed by atoms with E-state index in [9.17, 15) is 4.57 Å². The largest absolute Gasteiger partial charge is 0.409 e. The lowest BCUT2D eigenvalue weighted by Crippen LogP contribution is -2.28. The Kier molecular flexibility index (Phi) is 6.61. The first-order valence-electron chi connectivity index (χ1n) is 7.56. The van der Waals surface area contributed by atoms with Crippen LogP contribution in [0.25, 0.3) is 0 Å². The van der Waals surface area contributed by atoms with Crippen molar-refractivity contribution in [3.8, 4) is 0 Å². The molecule has 21 heavy (non-hydrogen) atoms. The van der Waals surface area contributed by atoms with E-state index >= 15 is 0 Å². The van der Waals surface area contributed by atoms with Crippen molar-refractivity contribution in [3.05, 3.63) is 35.9 Å². The van der Waals surface area contributed by atoms with Crippen molar-refractivity contribution in [2.24, 2.45) is 0 Å². The molecule has 1 aromatic carbocycles. The molecular formula is C16H28NO3P. The third-order valence-electron chi connectivity index (χ3n) is 2.88. The van der Waals surface area contributed by atoms with Crippen LogP contribution in [0.5, 0.6) is 0 Å². The summed E-state index contributed by atoms with van der Waals surface area (Å²) in [6, 6.07) is 10.1. The lowest BCUT2D eigenvalue weighted by molar-refractivity contribution is 0.0909. The molecule has 0 radical (unpaired) electrons. The van der Waals surface area contributed by atoms with Crippen LogP contribution < -0.4 is 0 Å². The zero-order valence-electron chi connectivity index (χ0n) is 14.0. The van der Waals surface area contributed by atoms with Crippen molar-refractivity contribution >= 4 is 7.75 Å². The molecule has 1 heterocycles. The van der Waals surface area contributed by atoms with Gasteiger partial charge in [-0.25, -0.2) is 4.57 Å². The molecule has 1 fully saturated rings. The third kappa shape index (κ3) is 5.23. The molecule has 0 N–H and O–H groups in total. The Morgan fingerprint density at radius 2 is 1.86 bits per heavy atom. The Balaban J connectivity index is 0.00000106. The molecule has 0 amide bonds. The molecule has 0 bridgehead atoms. The van der Waals surface area contributed by atoms with Crippen LogP contribution in [-0.2, 0) is 20.2 Å². The Morgan fingerprint density at radius 1 is 1.29 bits per heavy atom. The van der Waals surface area contributed by atoms with Crippen LogP contribution in [0.1, 0.15) is 47.1 Å². The number of benzene rings is 1. The zero-order chi connectivity index (χ0) is 16.1. The highest BCUT2D eigenvalue weighted by Crippen LogP contribution is 2.60. The lowest BCUT2D eigenvalue weighted by atomic mass is 10.2. The smallest absolute Gasteiger partial charge is 0.295 e. The lowest BCUT2D eigenvalue weighted by Gasteiger charge is -2.30. The first-order chi connectivity index (χ1) is 9.80. The van der Waals surface area contributed by atoms with Crippen molar-refractivity contribution in [1.29, 1.82) is 0 Å². The molecule has 0 spiro atoms. The van der Waals surface area contributed by atoms with Gasteiger partial charge in [0.1, 0.15) is 0 Å². The highest BCUT2D eigenvalue weighted by molar-refractivity contribution is 7.51. The van der Waals surface area contributed by atoms with Gasteiger partial charge in [-0.1, -0.05) is 44.2 Å². The van der Waals surface area contributed by atoms with Gasteiger partial charge in [-0.15, -0.1) is 0 Å². The van der Waals surface area contributed by atoms with Gasteiger partial charge >= 0.3 is 7.75 Å². The zero-order valence-corrected chi connectivity index (χ0v) is 14.9. The summed E-state index contributed by atoms with van der Waals surface area (Å²) in [6.07, 6.45) is 0. The van der Waals surface area contributed by atoms with Gasteiger partial charge in [-0.2, -0.15) is 4.67 Å². The molecule has 1 aliphatic heterocycles. The Hall–Kier alpha value is -0.670. The summed E-state index contributed by atoms with van der Waals surface area (Å²) in [5.74, 6) is 0. The van der Waals surface area contributed by atoms with Gasteiger partial charge in [0.15, 0.2) is 0 Å². The summed E-state index contributed by atoms with van der Waals surface area (Å²) >= 11 is 0. The molecular weight excluding hydrogens is 285 g/mol. The molecule has 1 aliphatic rings. The molecule has 2 rings (SSSR count). The summed E-state index contributed by atoms with van der Waals surface area (Å²) in [7, 11) is -3.19. The molecule has 0 aliphatic carbocycles. The average Bonchev–Trinajstić information content (AvgIpc) is 2.68. The molecule has 4 nitrogen and oxygen atoms in total. The quantitative estimate of drug-likeness (QED) is 0.747. The first-order valence-corrected chi connectivity index (χ1v) is 9.06. The first kappa shape index (κ1) is 18.4. The Labute approximate surface area is 129 Å². The molecule has 2 unspecified atom stereocenters. The normalized spacial score (nSPS) is 26.3. The second-order valence-electron chi connectivity index (χ2n) is 5.90. The SMILES string of the molecule is CC.CC1COP(=O)(OC(C)(C)C)N1Cc1ccccc1. The Morgan fingerprint density at radius 3 is 2.38 bits per heavy atom. The van der Waals surface area contributed by atoms with Crippen LogP contribution in [0, 0.1) is 0 Å². The summed E-state index contributed by atoms with van der Waals surface area (Å²) < 4.78 is 25.9. The van der Waals surface area contributed by atoms with E-state index in [1.165, 1.54) is 0 Å². The second kappa shape index (κ2) is 7.55. The van der Waals surface area contributed by atoms with Crippen molar-refractivity contribution in [2.75, 3.05) is 6.61 Å². The Bertz CT molecular complexity index is 470. The molecule has 120 valence electrons. The minimum absolute atomic E-state index is 0.0911. The third-order valence-corrected chi connectivity index (χ3v) is 5.30. The fourth-order valence-corrected chi connectivity index (χ4v) is 4.33. The number of rotatable bonds is 3. The van der Waals surface area contributed by atoms with E-state index in [1.807, 2.05) is 76.5 Å². The van der Waals surface area contributed by atoms with Gasteiger partial charge < -0.3 is 0 Å². The van der Waals surface area contributed by atoms with Crippen LogP contribution in [0.4, 0.5) is 0 Å². The highest BCUT2D eigenvalue weighted by atomic mass is 31.2. The molecule has 1 saturated heterocycles. The van der Waals surface area contributed by atoms with E-state index in [4.69, 9.17) is 9.05 Å². The standard InChI is InChI=1S/C14H22NO3P.C2H6/c1-12-11-17-19(16,18-14(2,3)4)15(12)10-13-8-6-5-7-9-13;1-2/h5-9,12H,10-11H2,1-4H3;1-2H3. The van der Waals surface area contributed by atoms with E-state index in [-0.39, 0.29) is 6.04 Å². The number of hydrogen-bond acceptors (Lipinski definition) is 3. The molecule has 0 saturated carbocycles. The topological polar surface area (TPSA) is 38.8 Å². The average molecular weight is 313 g/mol. The maximum atomic E-state index is 12.9. The fraction of sp³-hybridized carbons (Fsp3) is 0.625.